The maximum atomic E-state index is 11.7. The molecule has 0 heterocycles. The topological polar surface area (TPSA) is 46.3 Å². The van der Waals surface area contributed by atoms with Crippen molar-refractivity contribution >= 4 is 5.91 Å². The van der Waals surface area contributed by atoms with Crippen molar-refractivity contribution in [3.05, 3.63) is 0 Å². The second-order valence-corrected chi connectivity index (χ2v) is 4.77. The zero-order valence-corrected chi connectivity index (χ0v) is 10.1. The Hall–Kier alpha value is -0.570. The van der Waals surface area contributed by atoms with Crippen LogP contribution in [0, 0.1) is 5.92 Å². The number of amides is 1. The fraction of sp³-hybridized carbons (Fsp3) is 0.909. The summed E-state index contributed by atoms with van der Waals surface area (Å²) in [4.78, 5) is 13.6. The zero-order chi connectivity index (χ0) is 11.4. The van der Waals surface area contributed by atoms with Crippen LogP contribution in [-0.2, 0) is 4.79 Å². The molecule has 14 heavy (non-hydrogen) atoms. The lowest BCUT2D eigenvalue weighted by Crippen LogP contribution is -2.53. The number of carbonyl (C=O) groups excluding carboxylic acids is 1. The molecule has 2 N–H and O–H groups in total. The largest absolute Gasteiger partial charge is 0.336 e. The van der Waals surface area contributed by atoms with E-state index in [-0.39, 0.29) is 11.4 Å². The van der Waals surface area contributed by atoms with Crippen LogP contribution in [0.5, 0.6) is 0 Å². The van der Waals surface area contributed by atoms with Crippen molar-refractivity contribution in [1.29, 1.82) is 0 Å². The first kappa shape index (κ1) is 13.4. The van der Waals surface area contributed by atoms with Gasteiger partial charge in [-0.2, -0.15) is 0 Å². The fourth-order valence-electron chi connectivity index (χ4n) is 1.35. The van der Waals surface area contributed by atoms with Gasteiger partial charge in [0.2, 0.25) is 5.91 Å². The number of nitrogens with two attached hydrogens (primary N) is 1. The van der Waals surface area contributed by atoms with Gasteiger partial charge in [0, 0.05) is 25.0 Å². The highest BCUT2D eigenvalue weighted by Crippen LogP contribution is 2.16. The van der Waals surface area contributed by atoms with Gasteiger partial charge in [-0.25, -0.2) is 0 Å². The maximum Gasteiger partial charge on any atom is 0.222 e. The molecule has 0 fully saturated rings. The van der Waals surface area contributed by atoms with Crippen LogP contribution in [-0.4, -0.2) is 29.4 Å². The first-order valence-corrected chi connectivity index (χ1v) is 5.35. The van der Waals surface area contributed by atoms with Crippen LogP contribution in [0.1, 0.15) is 41.0 Å². The summed E-state index contributed by atoms with van der Waals surface area (Å²) in [6.45, 7) is 11.4. The number of nitrogens with zero attached hydrogens (tertiary/aromatic N) is 1. The van der Waals surface area contributed by atoms with Gasteiger partial charge in [0.15, 0.2) is 0 Å². The Bertz CT molecular complexity index is 188. The van der Waals surface area contributed by atoms with Crippen LogP contribution in [0.15, 0.2) is 0 Å². The Morgan fingerprint density at radius 2 is 1.93 bits per heavy atom. The number of rotatable bonds is 5. The molecule has 0 aliphatic heterocycles. The molecule has 0 unspecified atom stereocenters. The molecule has 84 valence electrons. The molecule has 3 heteroatoms. The molecule has 0 aromatic rings. The SMILES string of the molecule is CCC(=O)N(CC(C)C)C(C)(C)CN. The zero-order valence-electron chi connectivity index (χ0n) is 10.1. The maximum absolute atomic E-state index is 11.7. The lowest BCUT2D eigenvalue weighted by Gasteiger charge is -2.39. The molecule has 0 aliphatic carbocycles. The molecule has 0 spiro atoms. The van der Waals surface area contributed by atoms with E-state index in [1.807, 2.05) is 25.7 Å². The van der Waals surface area contributed by atoms with Gasteiger partial charge < -0.3 is 10.6 Å². The van der Waals surface area contributed by atoms with Crippen molar-refractivity contribution in [3.63, 3.8) is 0 Å². The molecule has 3 nitrogen and oxygen atoms in total. The van der Waals surface area contributed by atoms with Gasteiger partial charge in [-0.3, -0.25) is 4.79 Å². The molecule has 0 aromatic carbocycles. The highest BCUT2D eigenvalue weighted by molar-refractivity contribution is 5.76. The quantitative estimate of drug-likeness (QED) is 0.733. The second kappa shape index (κ2) is 5.35. The molecule has 0 atom stereocenters. The fourth-order valence-corrected chi connectivity index (χ4v) is 1.35. The average Bonchev–Trinajstić information content (AvgIpc) is 2.12. The normalized spacial score (nSPS) is 11.9. The summed E-state index contributed by atoms with van der Waals surface area (Å²) in [7, 11) is 0. The highest BCUT2D eigenvalue weighted by Gasteiger charge is 2.28. The third kappa shape index (κ3) is 3.66. The standard InChI is InChI=1S/C11H24N2O/c1-6-10(14)13(7-9(2)3)11(4,5)8-12/h9H,6-8,12H2,1-5H3. The van der Waals surface area contributed by atoms with Crippen LogP contribution >= 0.6 is 0 Å². The van der Waals surface area contributed by atoms with Gasteiger partial charge in [-0.1, -0.05) is 20.8 Å². The van der Waals surface area contributed by atoms with Crippen molar-refractivity contribution in [3.8, 4) is 0 Å². The number of hydrogen-bond acceptors (Lipinski definition) is 2. The van der Waals surface area contributed by atoms with Crippen LogP contribution in [0.4, 0.5) is 0 Å². The first-order valence-electron chi connectivity index (χ1n) is 5.35. The van der Waals surface area contributed by atoms with Gasteiger partial charge >= 0.3 is 0 Å². The van der Waals surface area contributed by atoms with Gasteiger partial charge in [0.25, 0.3) is 0 Å². The van der Waals surface area contributed by atoms with Crippen molar-refractivity contribution in [2.75, 3.05) is 13.1 Å². The van der Waals surface area contributed by atoms with E-state index in [0.717, 1.165) is 6.54 Å². The Morgan fingerprint density at radius 3 is 2.21 bits per heavy atom. The van der Waals surface area contributed by atoms with Crippen LogP contribution in [0.25, 0.3) is 0 Å². The van der Waals surface area contributed by atoms with Gasteiger partial charge in [0.1, 0.15) is 0 Å². The molecular formula is C11H24N2O. The highest BCUT2D eigenvalue weighted by atomic mass is 16.2. The predicted octanol–water partition coefficient (Wildman–Crippen LogP) is 1.62. The van der Waals surface area contributed by atoms with Gasteiger partial charge in [-0.15, -0.1) is 0 Å². The van der Waals surface area contributed by atoms with E-state index in [0.29, 0.717) is 18.9 Å². The van der Waals surface area contributed by atoms with E-state index >= 15 is 0 Å². The van der Waals surface area contributed by atoms with Gasteiger partial charge in [-0.05, 0) is 19.8 Å². The summed E-state index contributed by atoms with van der Waals surface area (Å²) in [5, 5.41) is 0. The minimum atomic E-state index is -0.225. The van der Waals surface area contributed by atoms with Crippen molar-refractivity contribution in [2.45, 2.75) is 46.6 Å². The van der Waals surface area contributed by atoms with Crippen molar-refractivity contribution in [1.82, 2.24) is 4.90 Å². The van der Waals surface area contributed by atoms with E-state index in [1.54, 1.807) is 0 Å². The van der Waals surface area contributed by atoms with E-state index < -0.39 is 0 Å². The average molecular weight is 200 g/mol. The lowest BCUT2D eigenvalue weighted by molar-refractivity contribution is -0.136. The third-order valence-electron chi connectivity index (χ3n) is 2.38. The smallest absolute Gasteiger partial charge is 0.222 e. The molecule has 0 radical (unpaired) electrons. The van der Waals surface area contributed by atoms with Crippen LogP contribution in [0.3, 0.4) is 0 Å². The van der Waals surface area contributed by atoms with Crippen LogP contribution in [0.2, 0.25) is 0 Å². The lowest BCUT2D eigenvalue weighted by atomic mass is 10.0. The van der Waals surface area contributed by atoms with Crippen molar-refractivity contribution in [2.24, 2.45) is 11.7 Å². The molecular weight excluding hydrogens is 176 g/mol. The second-order valence-electron chi connectivity index (χ2n) is 4.77. The summed E-state index contributed by atoms with van der Waals surface area (Å²) >= 11 is 0. The summed E-state index contributed by atoms with van der Waals surface area (Å²) in [5.74, 6) is 0.672. The monoisotopic (exact) mass is 200 g/mol. The van der Waals surface area contributed by atoms with E-state index in [4.69, 9.17) is 5.73 Å². The Morgan fingerprint density at radius 1 is 1.43 bits per heavy atom. The molecule has 0 aromatic heterocycles. The summed E-state index contributed by atoms with van der Waals surface area (Å²) in [5.41, 5.74) is 5.46. The summed E-state index contributed by atoms with van der Waals surface area (Å²) in [6.07, 6.45) is 0.552. The van der Waals surface area contributed by atoms with Crippen molar-refractivity contribution < 1.29 is 4.79 Å². The molecule has 0 bridgehead atoms. The predicted molar refractivity (Wildman–Crippen MR) is 60.0 cm³/mol. The Kier molecular flexibility index (Phi) is 5.13. The Labute approximate surface area is 87.6 Å². The van der Waals surface area contributed by atoms with E-state index in [1.165, 1.54) is 0 Å². The van der Waals surface area contributed by atoms with E-state index in [2.05, 4.69) is 13.8 Å². The minimum absolute atomic E-state index is 0.189. The molecule has 0 saturated heterocycles. The van der Waals surface area contributed by atoms with Gasteiger partial charge in [0.05, 0.1) is 0 Å². The summed E-state index contributed by atoms with van der Waals surface area (Å²) < 4.78 is 0. The first-order chi connectivity index (χ1) is 6.35. The van der Waals surface area contributed by atoms with E-state index in [9.17, 15) is 4.79 Å². The molecule has 0 aliphatic rings. The summed E-state index contributed by atoms with van der Waals surface area (Å²) in [6, 6.07) is 0. The minimum Gasteiger partial charge on any atom is -0.336 e. The number of hydrogen-bond donors (Lipinski definition) is 1. The molecule has 0 saturated carbocycles. The molecule has 1 amide bonds. The Balaban J connectivity index is 4.63. The third-order valence-corrected chi connectivity index (χ3v) is 2.38. The molecule has 0 rings (SSSR count). The number of carbonyl (C=O) groups is 1. The van der Waals surface area contributed by atoms with Crippen LogP contribution < -0.4 is 5.73 Å².